The molecule has 1 aliphatic heterocycles. The molecule has 3 N–H and O–H groups in total. The van der Waals surface area contributed by atoms with Crippen molar-refractivity contribution < 1.29 is 4.74 Å². The van der Waals surface area contributed by atoms with Gasteiger partial charge >= 0.3 is 0 Å². The smallest absolute Gasteiger partial charge is 0.126 e. The van der Waals surface area contributed by atoms with E-state index in [4.69, 9.17) is 10.5 Å². The normalized spacial score (nSPS) is 30.2. The second-order valence-electron chi connectivity index (χ2n) is 6.31. The Morgan fingerprint density at radius 1 is 1.15 bits per heavy atom. The van der Waals surface area contributed by atoms with Gasteiger partial charge in [0.2, 0.25) is 0 Å². The molecule has 0 bridgehead atoms. The van der Waals surface area contributed by atoms with Gasteiger partial charge in [-0.2, -0.15) is 0 Å². The van der Waals surface area contributed by atoms with Crippen LogP contribution in [0, 0.1) is 6.92 Å². The van der Waals surface area contributed by atoms with Crippen molar-refractivity contribution in [3.63, 3.8) is 0 Å². The molecule has 1 heterocycles. The van der Waals surface area contributed by atoms with Gasteiger partial charge in [-0.1, -0.05) is 18.2 Å². The first kappa shape index (κ1) is 13.9. The van der Waals surface area contributed by atoms with Crippen molar-refractivity contribution in [1.29, 1.82) is 0 Å². The van der Waals surface area contributed by atoms with E-state index in [1.165, 1.54) is 30.4 Å². The number of nitrogens with two attached hydrogens (primary N) is 1. The maximum absolute atomic E-state index is 6.00. The molecule has 20 heavy (non-hydrogen) atoms. The zero-order valence-corrected chi connectivity index (χ0v) is 12.4. The summed E-state index contributed by atoms with van der Waals surface area (Å²) in [7, 11) is 0. The maximum Gasteiger partial charge on any atom is 0.126 e. The molecule has 110 valence electrons. The number of nitrogens with one attached hydrogen (secondary N) is 1. The number of aryl methyl sites for hydroxylation is 1. The lowest BCUT2D eigenvalue weighted by Crippen LogP contribution is -2.39. The zero-order chi connectivity index (χ0) is 13.9. The van der Waals surface area contributed by atoms with Crippen molar-refractivity contribution in [2.24, 2.45) is 5.73 Å². The first-order chi connectivity index (χ1) is 9.74. The Morgan fingerprint density at radius 3 is 2.75 bits per heavy atom. The van der Waals surface area contributed by atoms with Gasteiger partial charge in [0.25, 0.3) is 0 Å². The largest absolute Gasteiger partial charge is 0.493 e. The van der Waals surface area contributed by atoms with Crippen molar-refractivity contribution in [2.45, 2.75) is 63.6 Å². The summed E-state index contributed by atoms with van der Waals surface area (Å²) in [6, 6.07) is 7.98. The van der Waals surface area contributed by atoms with E-state index < -0.39 is 0 Å². The molecule has 1 aromatic carbocycles. The molecule has 0 aromatic heterocycles. The number of hydrogen-bond donors (Lipinski definition) is 2. The number of hydrogen-bond acceptors (Lipinski definition) is 3. The molecular formula is C17H26N2O. The highest BCUT2D eigenvalue weighted by molar-refractivity contribution is 5.43. The molecule has 1 saturated carbocycles. The number of para-hydroxylation sites is 1. The molecule has 0 spiro atoms. The Hall–Kier alpha value is -1.06. The lowest BCUT2D eigenvalue weighted by molar-refractivity contribution is 0.300. The van der Waals surface area contributed by atoms with Crippen LogP contribution in [0.15, 0.2) is 18.2 Å². The fourth-order valence-electron chi connectivity index (χ4n) is 3.51. The highest BCUT2D eigenvalue weighted by Gasteiger charge is 2.25. The highest BCUT2D eigenvalue weighted by atomic mass is 16.5. The first-order valence-electron chi connectivity index (χ1n) is 7.98. The average Bonchev–Trinajstić information content (AvgIpc) is 2.65. The van der Waals surface area contributed by atoms with Gasteiger partial charge in [0, 0.05) is 23.7 Å². The van der Waals surface area contributed by atoms with Crippen molar-refractivity contribution in [3.05, 3.63) is 29.3 Å². The fraction of sp³-hybridized carbons (Fsp3) is 0.647. The van der Waals surface area contributed by atoms with Gasteiger partial charge in [-0.3, -0.25) is 0 Å². The van der Waals surface area contributed by atoms with E-state index >= 15 is 0 Å². The highest BCUT2D eigenvalue weighted by Crippen LogP contribution is 2.35. The van der Waals surface area contributed by atoms with Crippen LogP contribution < -0.4 is 15.8 Å². The molecule has 3 rings (SSSR count). The second kappa shape index (κ2) is 6.15. The minimum Gasteiger partial charge on any atom is -0.493 e. The summed E-state index contributed by atoms with van der Waals surface area (Å²) in [5.41, 5.74) is 8.60. The SMILES string of the molecule is Cc1cccc2c1OCCCC2NC1CCC(N)CC1. The van der Waals surface area contributed by atoms with Crippen LogP contribution in [0.2, 0.25) is 0 Å². The van der Waals surface area contributed by atoms with E-state index in [9.17, 15) is 0 Å². The Balaban J connectivity index is 1.75. The van der Waals surface area contributed by atoms with Crippen LogP contribution in [0.3, 0.4) is 0 Å². The summed E-state index contributed by atoms with van der Waals surface area (Å²) < 4.78 is 5.96. The average molecular weight is 274 g/mol. The Bertz CT molecular complexity index is 452. The third-order valence-corrected chi connectivity index (χ3v) is 4.71. The zero-order valence-electron chi connectivity index (χ0n) is 12.4. The van der Waals surface area contributed by atoms with Crippen molar-refractivity contribution in [1.82, 2.24) is 5.32 Å². The van der Waals surface area contributed by atoms with E-state index in [-0.39, 0.29) is 0 Å². The minimum absolute atomic E-state index is 0.417. The molecule has 0 saturated heterocycles. The molecule has 1 aromatic rings. The third-order valence-electron chi connectivity index (χ3n) is 4.71. The number of benzene rings is 1. The summed E-state index contributed by atoms with van der Waals surface area (Å²) in [4.78, 5) is 0. The molecular weight excluding hydrogens is 248 g/mol. The quantitative estimate of drug-likeness (QED) is 0.871. The van der Waals surface area contributed by atoms with Gasteiger partial charge in [0.1, 0.15) is 5.75 Å². The predicted molar refractivity (Wildman–Crippen MR) is 82.0 cm³/mol. The van der Waals surface area contributed by atoms with Gasteiger partial charge in [-0.05, 0) is 51.0 Å². The maximum atomic E-state index is 6.00. The fourth-order valence-corrected chi connectivity index (χ4v) is 3.51. The summed E-state index contributed by atoms with van der Waals surface area (Å²) in [6.45, 7) is 2.98. The lowest BCUT2D eigenvalue weighted by atomic mass is 9.90. The van der Waals surface area contributed by atoms with Gasteiger partial charge in [-0.25, -0.2) is 0 Å². The van der Waals surface area contributed by atoms with E-state index in [2.05, 4.69) is 30.4 Å². The topological polar surface area (TPSA) is 47.3 Å². The molecule has 1 unspecified atom stereocenters. The van der Waals surface area contributed by atoms with Gasteiger partial charge in [-0.15, -0.1) is 0 Å². The number of ether oxygens (including phenoxy) is 1. The molecule has 3 nitrogen and oxygen atoms in total. The van der Waals surface area contributed by atoms with Crippen LogP contribution in [-0.4, -0.2) is 18.7 Å². The Labute approximate surface area is 121 Å². The third kappa shape index (κ3) is 2.99. The summed E-state index contributed by atoms with van der Waals surface area (Å²) in [5, 5.41) is 3.87. The number of fused-ring (bicyclic) bond motifs is 1. The molecule has 1 fully saturated rings. The number of rotatable bonds is 2. The summed E-state index contributed by atoms with van der Waals surface area (Å²) in [6.07, 6.45) is 7.01. The Morgan fingerprint density at radius 2 is 1.95 bits per heavy atom. The van der Waals surface area contributed by atoms with Crippen LogP contribution in [-0.2, 0) is 0 Å². The van der Waals surface area contributed by atoms with Crippen LogP contribution in [0.1, 0.15) is 55.7 Å². The van der Waals surface area contributed by atoms with Gasteiger partial charge in [0.05, 0.1) is 6.61 Å². The van der Waals surface area contributed by atoms with E-state index in [0.717, 1.165) is 31.6 Å². The van der Waals surface area contributed by atoms with Crippen LogP contribution in [0.4, 0.5) is 0 Å². The molecule has 3 heteroatoms. The van der Waals surface area contributed by atoms with Gasteiger partial charge < -0.3 is 15.8 Å². The molecule has 0 radical (unpaired) electrons. The minimum atomic E-state index is 0.417. The van der Waals surface area contributed by atoms with E-state index in [1.807, 2.05) is 0 Å². The van der Waals surface area contributed by atoms with Crippen molar-refractivity contribution in [2.75, 3.05) is 6.61 Å². The lowest BCUT2D eigenvalue weighted by Gasteiger charge is -2.31. The molecule has 0 amide bonds. The van der Waals surface area contributed by atoms with Crippen LogP contribution in [0.25, 0.3) is 0 Å². The van der Waals surface area contributed by atoms with Crippen LogP contribution >= 0.6 is 0 Å². The monoisotopic (exact) mass is 274 g/mol. The van der Waals surface area contributed by atoms with Gasteiger partial charge in [0.15, 0.2) is 0 Å². The predicted octanol–water partition coefficient (Wildman–Crippen LogP) is 3.07. The van der Waals surface area contributed by atoms with E-state index in [1.54, 1.807) is 0 Å². The molecule has 1 aliphatic carbocycles. The van der Waals surface area contributed by atoms with Crippen LogP contribution in [0.5, 0.6) is 5.75 Å². The van der Waals surface area contributed by atoms with Crippen molar-refractivity contribution >= 4 is 0 Å². The standard InChI is InChI=1S/C17H26N2O/c1-12-4-2-5-15-16(6-3-11-20-17(12)15)19-14-9-7-13(18)8-10-14/h2,4-5,13-14,16,19H,3,6-11,18H2,1H3. The Kier molecular flexibility index (Phi) is 4.27. The van der Waals surface area contributed by atoms with Crippen molar-refractivity contribution in [3.8, 4) is 5.75 Å². The molecule has 2 aliphatic rings. The summed E-state index contributed by atoms with van der Waals surface area (Å²) in [5.74, 6) is 1.11. The summed E-state index contributed by atoms with van der Waals surface area (Å²) >= 11 is 0. The molecule has 1 atom stereocenters. The second-order valence-corrected chi connectivity index (χ2v) is 6.31. The van der Waals surface area contributed by atoms with E-state index in [0.29, 0.717) is 18.1 Å². The first-order valence-corrected chi connectivity index (χ1v) is 7.98.